The lowest BCUT2D eigenvalue weighted by molar-refractivity contribution is 0.307. The topological polar surface area (TPSA) is 62.0 Å². The summed E-state index contributed by atoms with van der Waals surface area (Å²) < 4.78 is 19.8. The molecule has 5 aromatic carbocycles. The fraction of sp³-hybridized carbons (Fsp3) is 0.150. The van der Waals surface area contributed by atoms with E-state index in [-0.39, 0.29) is 11.6 Å². The van der Waals surface area contributed by atoms with Crippen molar-refractivity contribution in [1.29, 1.82) is 0 Å². The van der Waals surface area contributed by atoms with Crippen LogP contribution in [0, 0.1) is 0 Å². The van der Waals surface area contributed by atoms with Crippen LogP contribution in [0.5, 0.6) is 17.2 Å². The maximum Gasteiger partial charge on any atom is 0.271 e. The minimum atomic E-state index is -0.304. The first-order valence-corrected chi connectivity index (χ1v) is 16.5. The number of benzene rings is 5. The zero-order valence-electron chi connectivity index (χ0n) is 26.1. The monoisotopic (exact) mass is 636 g/mol. The van der Waals surface area contributed by atoms with E-state index in [0.29, 0.717) is 27.4 Å². The van der Waals surface area contributed by atoms with Crippen molar-refractivity contribution in [3.8, 4) is 17.2 Å². The van der Waals surface area contributed by atoms with E-state index in [9.17, 15) is 4.79 Å². The second-order valence-corrected chi connectivity index (χ2v) is 12.7. The van der Waals surface area contributed by atoms with Crippen molar-refractivity contribution in [3.63, 3.8) is 0 Å². The van der Waals surface area contributed by atoms with Crippen LogP contribution in [0.3, 0.4) is 0 Å². The van der Waals surface area contributed by atoms with Gasteiger partial charge < -0.3 is 14.2 Å². The highest BCUT2D eigenvalue weighted by atomic mass is 32.1. The molecule has 0 N–H and O–H groups in total. The number of hydrogen-bond donors (Lipinski definition) is 0. The van der Waals surface area contributed by atoms with E-state index >= 15 is 0 Å². The molecule has 6 aromatic rings. The van der Waals surface area contributed by atoms with Crippen LogP contribution < -0.4 is 29.1 Å². The molecule has 8 rings (SSSR count). The second-order valence-electron chi connectivity index (χ2n) is 11.7. The van der Waals surface area contributed by atoms with E-state index < -0.39 is 0 Å². The largest absolute Gasteiger partial charge is 0.493 e. The molecule has 0 radical (unpaired) electrons. The highest BCUT2D eigenvalue weighted by Gasteiger charge is 2.33. The van der Waals surface area contributed by atoms with Crippen molar-refractivity contribution in [3.05, 3.63) is 162 Å². The van der Waals surface area contributed by atoms with Crippen molar-refractivity contribution < 1.29 is 14.2 Å². The van der Waals surface area contributed by atoms with E-state index in [2.05, 4.69) is 60.7 Å². The number of methoxy groups -OCH3 is 2. The third-order valence-electron chi connectivity index (χ3n) is 9.05. The van der Waals surface area contributed by atoms with Crippen LogP contribution >= 0.6 is 11.3 Å². The SMILES string of the molecule is COc1ccc([C@@H]2C3=C(N=c4s/c(=C/c5ccc(OCc6cccc7ccccc67)cc5)c(=O)n42)c2ccccc2CC3)cc1OC. The molecule has 1 atom stereocenters. The Kier molecular flexibility index (Phi) is 7.46. The molecule has 0 spiro atoms. The summed E-state index contributed by atoms with van der Waals surface area (Å²) in [5, 5.41) is 2.39. The Morgan fingerprint density at radius 2 is 1.64 bits per heavy atom. The van der Waals surface area contributed by atoms with Crippen molar-refractivity contribution in [2.24, 2.45) is 4.99 Å². The van der Waals surface area contributed by atoms with Gasteiger partial charge in [0.05, 0.1) is 30.5 Å². The molecular formula is C40H32N2O4S. The normalized spacial score (nSPS) is 15.4. The third kappa shape index (κ3) is 5.22. The molecule has 6 nitrogen and oxygen atoms in total. The lowest BCUT2D eigenvalue weighted by Gasteiger charge is -2.31. The van der Waals surface area contributed by atoms with E-state index in [1.165, 1.54) is 27.7 Å². The van der Waals surface area contributed by atoms with Gasteiger partial charge in [-0.25, -0.2) is 4.99 Å². The standard InChI is InChI=1S/C40H32N2O4S/c1-44-34-21-17-28(23-35(34)45-2)38-33-20-16-27-9-4-6-13-32(27)37(33)41-40-42(38)39(43)36(47-40)22-25-14-18-30(19-15-25)46-24-29-11-7-10-26-8-3-5-12-31(26)29/h3-15,17-19,21-23,38H,16,20,24H2,1-2H3/b36-22+/t38-/m1/s1. The van der Waals surface area contributed by atoms with Crippen molar-refractivity contribution >= 4 is 33.9 Å². The Balaban J connectivity index is 1.16. The highest BCUT2D eigenvalue weighted by molar-refractivity contribution is 7.07. The van der Waals surface area contributed by atoms with Gasteiger partial charge in [0.1, 0.15) is 12.4 Å². The van der Waals surface area contributed by atoms with Gasteiger partial charge in [0.2, 0.25) is 0 Å². The quantitative estimate of drug-likeness (QED) is 0.188. The fourth-order valence-electron chi connectivity index (χ4n) is 6.74. The van der Waals surface area contributed by atoms with Gasteiger partial charge in [0, 0.05) is 5.56 Å². The van der Waals surface area contributed by atoms with E-state index in [0.717, 1.165) is 52.1 Å². The van der Waals surface area contributed by atoms with Crippen LogP contribution in [0.25, 0.3) is 22.5 Å². The smallest absolute Gasteiger partial charge is 0.271 e. The summed E-state index contributed by atoms with van der Waals surface area (Å²) >= 11 is 1.42. The van der Waals surface area contributed by atoms with E-state index in [1.807, 2.05) is 59.2 Å². The van der Waals surface area contributed by atoms with Crippen LogP contribution in [0.1, 0.15) is 40.3 Å². The lowest BCUT2D eigenvalue weighted by atomic mass is 9.83. The van der Waals surface area contributed by atoms with Gasteiger partial charge in [-0.1, -0.05) is 96.3 Å². The Hall–Kier alpha value is -5.40. The average Bonchev–Trinajstić information content (AvgIpc) is 3.43. The molecule has 1 aliphatic heterocycles. The number of thiazole rings is 1. The number of aryl methyl sites for hydroxylation is 1. The first-order valence-electron chi connectivity index (χ1n) is 15.7. The zero-order valence-corrected chi connectivity index (χ0v) is 26.9. The molecule has 232 valence electrons. The first-order chi connectivity index (χ1) is 23.1. The molecule has 0 fully saturated rings. The fourth-order valence-corrected chi connectivity index (χ4v) is 7.74. The summed E-state index contributed by atoms with van der Waals surface area (Å²) in [5.41, 5.74) is 7.49. The average molecular weight is 637 g/mol. The van der Waals surface area contributed by atoms with Gasteiger partial charge in [-0.3, -0.25) is 9.36 Å². The number of rotatable bonds is 7. The van der Waals surface area contributed by atoms with Crippen LogP contribution in [0.4, 0.5) is 0 Å². The van der Waals surface area contributed by atoms with E-state index in [1.54, 1.807) is 14.2 Å². The predicted octanol–water partition coefficient (Wildman–Crippen LogP) is 7.07. The maximum atomic E-state index is 14.2. The summed E-state index contributed by atoms with van der Waals surface area (Å²) in [5.74, 6) is 2.05. The van der Waals surface area contributed by atoms with Crippen molar-refractivity contribution in [2.75, 3.05) is 14.2 Å². The molecule has 7 heteroatoms. The molecule has 1 aromatic heterocycles. The van der Waals surface area contributed by atoms with Crippen molar-refractivity contribution in [2.45, 2.75) is 25.5 Å². The minimum absolute atomic E-state index is 0.0600. The zero-order chi connectivity index (χ0) is 31.9. The molecule has 0 amide bonds. The molecule has 47 heavy (non-hydrogen) atoms. The van der Waals surface area contributed by atoms with Gasteiger partial charge in [0.25, 0.3) is 5.56 Å². The highest BCUT2D eigenvalue weighted by Crippen LogP contribution is 2.42. The first kappa shape index (κ1) is 29.0. The van der Waals surface area contributed by atoms with Gasteiger partial charge >= 0.3 is 0 Å². The number of nitrogens with zero attached hydrogens (tertiary/aromatic N) is 2. The summed E-state index contributed by atoms with van der Waals surface area (Å²) in [6.07, 6.45) is 3.66. The molecule has 0 unspecified atom stereocenters. The Morgan fingerprint density at radius 1 is 0.851 bits per heavy atom. The van der Waals surface area contributed by atoms with Crippen LogP contribution in [-0.4, -0.2) is 18.8 Å². The molecule has 2 aliphatic rings. The van der Waals surface area contributed by atoms with Crippen LogP contribution in [0.2, 0.25) is 0 Å². The molecule has 2 heterocycles. The molecule has 0 saturated carbocycles. The van der Waals surface area contributed by atoms with Crippen LogP contribution in [-0.2, 0) is 13.0 Å². The number of fused-ring (bicyclic) bond motifs is 4. The minimum Gasteiger partial charge on any atom is -0.493 e. The van der Waals surface area contributed by atoms with Gasteiger partial charge in [0.15, 0.2) is 16.3 Å². The molecular weight excluding hydrogens is 605 g/mol. The Bertz CT molecular complexity index is 2360. The number of aromatic nitrogens is 1. The molecule has 0 saturated heterocycles. The third-order valence-corrected chi connectivity index (χ3v) is 10.0. The summed E-state index contributed by atoms with van der Waals surface area (Å²) in [4.78, 5) is 20.0. The maximum absolute atomic E-state index is 14.2. The van der Waals surface area contributed by atoms with Crippen molar-refractivity contribution in [1.82, 2.24) is 4.57 Å². The summed E-state index contributed by atoms with van der Waals surface area (Å²) in [6.45, 7) is 0.475. The van der Waals surface area contributed by atoms with E-state index in [4.69, 9.17) is 19.2 Å². The summed E-state index contributed by atoms with van der Waals surface area (Å²) in [7, 11) is 3.26. The number of hydrogen-bond acceptors (Lipinski definition) is 6. The van der Waals surface area contributed by atoms with Gasteiger partial charge in [-0.05, 0) is 81.8 Å². The van der Waals surface area contributed by atoms with Gasteiger partial charge in [-0.15, -0.1) is 0 Å². The molecule has 0 bridgehead atoms. The number of ether oxygens (including phenoxy) is 3. The predicted molar refractivity (Wildman–Crippen MR) is 187 cm³/mol. The molecule has 1 aliphatic carbocycles. The summed E-state index contributed by atoms with van der Waals surface area (Å²) in [6, 6.07) is 36.5. The lowest BCUT2D eigenvalue weighted by Crippen LogP contribution is -2.38. The Labute approximate surface area is 276 Å². The van der Waals surface area contributed by atoms with Crippen LogP contribution in [0.15, 0.2) is 125 Å². The second kappa shape index (κ2) is 12.1. The van der Waals surface area contributed by atoms with Gasteiger partial charge in [-0.2, -0.15) is 0 Å². The number of allylic oxidation sites excluding steroid dienone is 1. The Morgan fingerprint density at radius 3 is 2.49 bits per heavy atom.